The van der Waals surface area contributed by atoms with Crippen molar-refractivity contribution in [1.29, 1.82) is 0 Å². The van der Waals surface area contributed by atoms with Crippen LogP contribution in [0.2, 0.25) is 0 Å². The van der Waals surface area contributed by atoms with Crippen molar-refractivity contribution in [3.05, 3.63) is 36.2 Å². The molecule has 2 aromatic heterocycles. The van der Waals surface area contributed by atoms with Gasteiger partial charge >= 0.3 is 0 Å². The van der Waals surface area contributed by atoms with Crippen molar-refractivity contribution in [3.63, 3.8) is 0 Å². The second kappa shape index (κ2) is 4.86. The van der Waals surface area contributed by atoms with E-state index in [1.165, 1.54) is 6.07 Å². The van der Waals surface area contributed by atoms with E-state index in [9.17, 15) is 4.39 Å². The molecule has 2 heterocycles. The highest BCUT2D eigenvalue weighted by atomic mass is 19.1. The number of anilines is 1. The Kier molecular flexibility index (Phi) is 3.27. The summed E-state index contributed by atoms with van der Waals surface area (Å²) < 4.78 is 13.1. The first kappa shape index (κ1) is 11.4. The molecule has 2 N–H and O–H groups in total. The predicted octanol–water partition coefficient (Wildman–Crippen LogP) is 2.21. The molecule has 0 aliphatic carbocycles. The monoisotopic (exact) mass is 232 g/mol. The normalized spacial score (nSPS) is 10.5. The largest absolute Gasteiger partial charge is 0.384 e. The van der Waals surface area contributed by atoms with Gasteiger partial charge < -0.3 is 5.73 Å². The first-order valence-electron chi connectivity index (χ1n) is 5.43. The number of nitrogen functional groups attached to an aromatic ring is 1. The molecule has 0 saturated heterocycles. The van der Waals surface area contributed by atoms with Gasteiger partial charge in [-0.3, -0.25) is 4.98 Å². The fourth-order valence-corrected chi connectivity index (χ4v) is 1.55. The Morgan fingerprint density at radius 1 is 1.24 bits per heavy atom. The highest BCUT2D eigenvalue weighted by molar-refractivity contribution is 5.60. The van der Waals surface area contributed by atoms with Gasteiger partial charge in [0.25, 0.3) is 0 Å². The van der Waals surface area contributed by atoms with Crippen LogP contribution in [0.5, 0.6) is 0 Å². The molecule has 5 heteroatoms. The molecule has 0 aliphatic rings. The van der Waals surface area contributed by atoms with Crippen molar-refractivity contribution in [2.45, 2.75) is 19.8 Å². The van der Waals surface area contributed by atoms with E-state index in [0.29, 0.717) is 22.9 Å². The van der Waals surface area contributed by atoms with Crippen LogP contribution in [0, 0.1) is 5.82 Å². The molecule has 0 unspecified atom stereocenters. The average molecular weight is 232 g/mol. The zero-order valence-electron chi connectivity index (χ0n) is 9.52. The van der Waals surface area contributed by atoms with E-state index < -0.39 is 5.82 Å². The van der Waals surface area contributed by atoms with Crippen LogP contribution in [0.3, 0.4) is 0 Å². The second-order valence-corrected chi connectivity index (χ2v) is 3.74. The number of halogens is 1. The number of hydrogen-bond acceptors (Lipinski definition) is 4. The van der Waals surface area contributed by atoms with Gasteiger partial charge in [0.05, 0.1) is 11.9 Å². The third-order valence-corrected chi connectivity index (χ3v) is 2.27. The minimum absolute atomic E-state index is 0.391. The van der Waals surface area contributed by atoms with Crippen LogP contribution < -0.4 is 5.73 Å². The van der Waals surface area contributed by atoms with Crippen LogP contribution in [0.15, 0.2) is 24.5 Å². The fourth-order valence-electron chi connectivity index (χ4n) is 1.55. The number of aromatic nitrogens is 3. The molecule has 0 radical (unpaired) electrons. The number of nitrogens with two attached hydrogens (primary N) is 1. The summed E-state index contributed by atoms with van der Waals surface area (Å²) in [6, 6.07) is 3.00. The Morgan fingerprint density at radius 3 is 2.76 bits per heavy atom. The number of rotatable bonds is 3. The topological polar surface area (TPSA) is 64.7 Å². The quantitative estimate of drug-likeness (QED) is 0.881. The van der Waals surface area contributed by atoms with Crippen LogP contribution in [0.1, 0.15) is 19.2 Å². The van der Waals surface area contributed by atoms with Crippen LogP contribution in [-0.4, -0.2) is 15.0 Å². The maximum absolute atomic E-state index is 13.1. The SMILES string of the molecule is CCCc1nc(N)cc(-c2cncc(F)c2)n1. The summed E-state index contributed by atoms with van der Waals surface area (Å²) in [5.41, 5.74) is 6.91. The van der Waals surface area contributed by atoms with E-state index in [4.69, 9.17) is 5.73 Å². The van der Waals surface area contributed by atoms with Gasteiger partial charge in [0.1, 0.15) is 17.5 Å². The van der Waals surface area contributed by atoms with Crippen LogP contribution >= 0.6 is 0 Å². The van der Waals surface area contributed by atoms with E-state index in [1.54, 1.807) is 12.3 Å². The number of pyridine rings is 1. The minimum Gasteiger partial charge on any atom is -0.384 e. The number of hydrogen-bond donors (Lipinski definition) is 1. The molecule has 0 spiro atoms. The van der Waals surface area contributed by atoms with E-state index >= 15 is 0 Å². The van der Waals surface area contributed by atoms with E-state index in [-0.39, 0.29) is 0 Å². The molecule has 0 fully saturated rings. The van der Waals surface area contributed by atoms with Crippen LogP contribution in [0.25, 0.3) is 11.3 Å². The van der Waals surface area contributed by atoms with E-state index in [2.05, 4.69) is 15.0 Å². The third-order valence-electron chi connectivity index (χ3n) is 2.27. The van der Waals surface area contributed by atoms with E-state index in [1.807, 2.05) is 6.92 Å². The lowest BCUT2D eigenvalue weighted by atomic mass is 10.2. The Bertz CT molecular complexity index is 528. The molecule has 88 valence electrons. The molecule has 2 aromatic rings. The van der Waals surface area contributed by atoms with E-state index in [0.717, 1.165) is 19.0 Å². The van der Waals surface area contributed by atoms with Gasteiger partial charge in [-0.1, -0.05) is 6.92 Å². The molecule has 17 heavy (non-hydrogen) atoms. The second-order valence-electron chi connectivity index (χ2n) is 3.74. The number of nitrogens with zero attached hydrogens (tertiary/aromatic N) is 3. The van der Waals surface area contributed by atoms with Gasteiger partial charge in [-0.05, 0) is 12.5 Å². The highest BCUT2D eigenvalue weighted by Crippen LogP contribution is 2.18. The standard InChI is InChI=1S/C12H13FN4/c1-2-3-12-16-10(5-11(14)17-12)8-4-9(13)7-15-6-8/h4-7H,2-3H2,1H3,(H2,14,16,17). The van der Waals surface area contributed by atoms with Crippen LogP contribution in [0.4, 0.5) is 10.2 Å². The zero-order valence-corrected chi connectivity index (χ0v) is 9.52. The molecular weight excluding hydrogens is 219 g/mol. The molecule has 0 amide bonds. The summed E-state index contributed by atoms with van der Waals surface area (Å²) in [4.78, 5) is 12.3. The smallest absolute Gasteiger partial charge is 0.142 e. The van der Waals surface area contributed by atoms with Gasteiger partial charge in [0, 0.05) is 24.2 Å². The zero-order chi connectivity index (χ0) is 12.3. The van der Waals surface area contributed by atoms with Crippen molar-refractivity contribution in [2.24, 2.45) is 0 Å². The Labute approximate surface area is 98.7 Å². The maximum atomic E-state index is 13.1. The third kappa shape index (κ3) is 2.75. The average Bonchev–Trinajstić information content (AvgIpc) is 2.28. The van der Waals surface area contributed by atoms with Crippen LogP contribution in [-0.2, 0) is 6.42 Å². The number of aryl methyl sites for hydroxylation is 1. The maximum Gasteiger partial charge on any atom is 0.142 e. The Hall–Kier alpha value is -2.04. The lowest BCUT2D eigenvalue weighted by Crippen LogP contribution is -2.01. The molecular formula is C12H13FN4. The van der Waals surface area contributed by atoms with Crippen molar-refractivity contribution in [1.82, 2.24) is 15.0 Å². The summed E-state index contributed by atoms with van der Waals surface area (Å²) >= 11 is 0. The van der Waals surface area contributed by atoms with Gasteiger partial charge in [-0.2, -0.15) is 0 Å². The van der Waals surface area contributed by atoms with Gasteiger partial charge in [0.15, 0.2) is 0 Å². The van der Waals surface area contributed by atoms with Crippen molar-refractivity contribution < 1.29 is 4.39 Å². The summed E-state index contributed by atoms with van der Waals surface area (Å²) in [5, 5.41) is 0. The van der Waals surface area contributed by atoms with Crippen molar-refractivity contribution in [3.8, 4) is 11.3 Å². The molecule has 0 aliphatic heterocycles. The first-order valence-corrected chi connectivity index (χ1v) is 5.43. The molecule has 0 aromatic carbocycles. The summed E-state index contributed by atoms with van der Waals surface area (Å²) in [5.74, 6) is 0.672. The van der Waals surface area contributed by atoms with Crippen molar-refractivity contribution in [2.75, 3.05) is 5.73 Å². The molecule has 0 atom stereocenters. The highest BCUT2D eigenvalue weighted by Gasteiger charge is 2.06. The molecule has 0 saturated carbocycles. The minimum atomic E-state index is -0.392. The predicted molar refractivity (Wildman–Crippen MR) is 63.6 cm³/mol. The van der Waals surface area contributed by atoms with Gasteiger partial charge in [0.2, 0.25) is 0 Å². The molecule has 2 rings (SSSR count). The van der Waals surface area contributed by atoms with Gasteiger partial charge in [-0.15, -0.1) is 0 Å². The Balaban J connectivity index is 2.44. The van der Waals surface area contributed by atoms with Crippen molar-refractivity contribution >= 4 is 5.82 Å². The summed E-state index contributed by atoms with van der Waals surface area (Å²) in [7, 11) is 0. The summed E-state index contributed by atoms with van der Waals surface area (Å²) in [6.45, 7) is 2.04. The first-order chi connectivity index (χ1) is 8.19. The fraction of sp³-hybridized carbons (Fsp3) is 0.250. The van der Waals surface area contributed by atoms with Gasteiger partial charge in [-0.25, -0.2) is 14.4 Å². The molecule has 0 bridgehead atoms. The molecule has 4 nitrogen and oxygen atoms in total. The lowest BCUT2D eigenvalue weighted by molar-refractivity contribution is 0.622. The lowest BCUT2D eigenvalue weighted by Gasteiger charge is -2.05. The Morgan fingerprint density at radius 2 is 2.06 bits per heavy atom. The summed E-state index contributed by atoms with van der Waals surface area (Å²) in [6.07, 6.45) is 4.40.